The average molecular weight is 346 g/mol. The first-order chi connectivity index (χ1) is 10.2. The maximum Gasteiger partial charge on any atom is 0.237 e. The van der Waals surface area contributed by atoms with Gasteiger partial charge in [0.05, 0.1) is 18.0 Å². The van der Waals surface area contributed by atoms with Crippen LogP contribution in [-0.4, -0.2) is 50.3 Å². The van der Waals surface area contributed by atoms with Gasteiger partial charge in [-0.05, 0) is 31.5 Å². The average Bonchev–Trinajstić information content (AvgIpc) is 2.39. The molecule has 0 spiro atoms. The van der Waals surface area contributed by atoms with Gasteiger partial charge in [0, 0.05) is 18.1 Å². The van der Waals surface area contributed by atoms with Crippen molar-refractivity contribution >= 4 is 27.3 Å². The van der Waals surface area contributed by atoms with Crippen LogP contribution in [0, 0.1) is 0 Å². The molecule has 1 fully saturated rings. The molecule has 122 valence electrons. The van der Waals surface area contributed by atoms with Gasteiger partial charge in [-0.15, -0.1) is 0 Å². The largest absolute Gasteiger partial charge is 0.372 e. The van der Waals surface area contributed by atoms with Crippen molar-refractivity contribution in [3.8, 4) is 0 Å². The Balaban J connectivity index is 1.98. The Hall–Kier alpha value is -1.11. The van der Waals surface area contributed by atoms with Crippen molar-refractivity contribution in [2.45, 2.75) is 31.8 Å². The van der Waals surface area contributed by atoms with Gasteiger partial charge in [-0.1, -0.05) is 23.7 Å². The molecule has 2 atom stereocenters. The molecule has 1 aromatic carbocycles. The van der Waals surface area contributed by atoms with Crippen molar-refractivity contribution in [2.24, 2.45) is 0 Å². The predicted octanol–water partition coefficient (Wildman–Crippen LogP) is 1.89. The van der Waals surface area contributed by atoms with Crippen LogP contribution in [0.5, 0.6) is 0 Å². The van der Waals surface area contributed by atoms with E-state index in [1.165, 1.54) is 0 Å². The Kier molecular flexibility index (Phi) is 5.47. The predicted molar refractivity (Wildman–Crippen MR) is 85.5 cm³/mol. The lowest BCUT2D eigenvalue weighted by Gasteiger charge is -2.35. The van der Waals surface area contributed by atoms with E-state index in [4.69, 9.17) is 16.3 Å². The summed E-state index contributed by atoms with van der Waals surface area (Å²) in [4.78, 5) is 13.8. The van der Waals surface area contributed by atoms with E-state index in [1.807, 2.05) is 13.8 Å². The maximum absolute atomic E-state index is 12.2. The van der Waals surface area contributed by atoms with Gasteiger partial charge < -0.3 is 9.64 Å². The van der Waals surface area contributed by atoms with Crippen LogP contribution in [0.3, 0.4) is 0 Å². The van der Waals surface area contributed by atoms with Gasteiger partial charge in [-0.2, -0.15) is 0 Å². The highest BCUT2D eigenvalue weighted by molar-refractivity contribution is 7.91. The molecule has 0 aliphatic carbocycles. The lowest BCUT2D eigenvalue weighted by atomic mass is 10.2. The van der Waals surface area contributed by atoms with Crippen molar-refractivity contribution in [2.75, 3.05) is 18.8 Å². The molecule has 0 aromatic heterocycles. The van der Waals surface area contributed by atoms with Crippen molar-refractivity contribution in [1.82, 2.24) is 4.90 Å². The van der Waals surface area contributed by atoms with Crippen molar-refractivity contribution in [1.29, 1.82) is 0 Å². The van der Waals surface area contributed by atoms with E-state index in [-0.39, 0.29) is 23.9 Å². The van der Waals surface area contributed by atoms with E-state index >= 15 is 0 Å². The highest BCUT2D eigenvalue weighted by Crippen LogP contribution is 2.15. The molecule has 7 heteroatoms. The van der Waals surface area contributed by atoms with Crippen LogP contribution in [0.2, 0.25) is 5.02 Å². The first kappa shape index (κ1) is 17.2. The number of hydrogen-bond acceptors (Lipinski definition) is 4. The molecule has 1 aliphatic rings. The third-order valence-electron chi connectivity index (χ3n) is 3.42. The molecule has 22 heavy (non-hydrogen) atoms. The van der Waals surface area contributed by atoms with E-state index in [1.54, 1.807) is 29.2 Å². The summed E-state index contributed by atoms with van der Waals surface area (Å²) in [5.41, 5.74) is 0.626. The zero-order chi connectivity index (χ0) is 16.3. The van der Waals surface area contributed by atoms with E-state index in [9.17, 15) is 13.2 Å². The fourth-order valence-electron chi connectivity index (χ4n) is 2.55. The molecular formula is C15H20ClNO4S. The summed E-state index contributed by atoms with van der Waals surface area (Å²) < 4.78 is 29.9. The molecule has 1 amide bonds. The van der Waals surface area contributed by atoms with E-state index in [2.05, 4.69) is 0 Å². The third kappa shape index (κ3) is 4.97. The fourth-order valence-corrected chi connectivity index (χ4v) is 4.03. The first-order valence-corrected chi connectivity index (χ1v) is 9.33. The minimum Gasteiger partial charge on any atom is -0.372 e. The second kappa shape index (κ2) is 6.98. The number of halogens is 1. The van der Waals surface area contributed by atoms with Crippen molar-refractivity contribution < 1.29 is 17.9 Å². The summed E-state index contributed by atoms with van der Waals surface area (Å²) in [6, 6.07) is 6.59. The Bertz CT molecular complexity index is 619. The van der Waals surface area contributed by atoms with Gasteiger partial charge in [0.25, 0.3) is 0 Å². The second-order valence-corrected chi connectivity index (χ2v) is 8.22. The smallest absolute Gasteiger partial charge is 0.237 e. The van der Waals surface area contributed by atoms with E-state index < -0.39 is 15.6 Å². The Morgan fingerprint density at radius 2 is 1.77 bits per heavy atom. The Morgan fingerprint density at radius 3 is 2.32 bits per heavy atom. The second-order valence-electron chi connectivity index (χ2n) is 5.71. The highest BCUT2D eigenvalue weighted by atomic mass is 35.5. The molecule has 0 radical (unpaired) electrons. The Labute approximate surface area is 136 Å². The van der Waals surface area contributed by atoms with Crippen LogP contribution in [-0.2, 0) is 25.1 Å². The number of benzene rings is 1. The standard InChI is InChI=1S/C15H20ClNO4S/c1-11-7-17(8-12(2)21-11)15(18)10-22(19,20)9-13-3-5-14(16)6-4-13/h3-6,11-12H,7-10H2,1-2H3/t11-,12+. The van der Waals surface area contributed by atoms with Gasteiger partial charge in [0.15, 0.2) is 9.84 Å². The quantitative estimate of drug-likeness (QED) is 0.836. The molecule has 0 unspecified atom stereocenters. The van der Waals surface area contributed by atoms with E-state index in [0.29, 0.717) is 23.7 Å². The normalized spacial score (nSPS) is 22.6. The first-order valence-electron chi connectivity index (χ1n) is 7.13. The molecule has 1 aliphatic heterocycles. The van der Waals surface area contributed by atoms with Crippen LogP contribution >= 0.6 is 11.6 Å². The molecule has 1 aromatic rings. The minimum absolute atomic E-state index is 0.0772. The number of amides is 1. The summed E-state index contributed by atoms with van der Waals surface area (Å²) in [6.45, 7) is 4.61. The molecule has 1 saturated heterocycles. The molecule has 5 nitrogen and oxygen atoms in total. The third-order valence-corrected chi connectivity index (χ3v) is 5.13. The minimum atomic E-state index is -3.51. The topological polar surface area (TPSA) is 63.7 Å². The summed E-state index contributed by atoms with van der Waals surface area (Å²) in [5.74, 6) is -1.00. The monoisotopic (exact) mass is 345 g/mol. The van der Waals surface area contributed by atoms with Crippen LogP contribution in [0.25, 0.3) is 0 Å². The number of morpholine rings is 1. The SMILES string of the molecule is C[C@@H]1CN(C(=O)CS(=O)(=O)Cc2ccc(Cl)cc2)C[C@H](C)O1. The number of rotatable bonds is 4. The number of nitrogens with zero attached hydrogens (tertiary/aromatic N) is 1. The van der Waals surface area contributed by atoms with Crippen LogP contribution in [0.15, 0.2) is 24.3 Å². The van der Waals surface area contributed by atoms with Gasteiger partial charge >= 0.3 is 0 Å². The number of hydrogen-bond donors (Lipinski definition) is 0. The van der Waals surface area contributed by atoms with Crippen LogP contribution in [0.4, 0.5) is 0 Å². The number of carbonyl (C=O) groups excluding carboxylic acids is 1. The summed E-state index contributed by atoms with van der Waals surface area (Å²) in [7, 11) is -3.51. The van der Waals surface area contributed by atoms with Gasteiger partial charge in [-0.25, -0.2) is 8.42 Å². The van der Waals surface area contributed by atoms with Gasteiger partial charge in [-0.3, -0.25) is 4.79 Å². The number of ether oxygens (including phenoxy) is 1. The maximum atomic E-state index is 12.2. The summed E-state index contributed by atoms with van der Waals surface area (Å²) >= 11 is 5.77. The van der Waals surface area contributed by atoms with E-state index in [0.717, 1.165) is 0 Å². The molecule has 0 bridgehead atoms. The zero-order valence-electron chi connectivity index (χ0n) is 12.7. The number of carbonyl (C=O) groups is 1. The van der Waals surface area contributed by atoms with Crippen LogP contribution < -0.4 is 0 Å². The van der Waals surface area contributed by atoms with Crippen LogP contribution in [0.1, 0.15) is 19.4 Å². The Morgan fingerprint density at radius 1 is 1.23 bits per heavy atom. The molecule has 2 rings (SSSR count). The highest BCUT2D eigenvalue weighted by Gasteiger charge is 2.28. The van der Waals surface area contributed by atoms with Crippen molar-refractivity contribution in [3.05, 3.63) is 34.9 Å². The summed E-state index contributed by atoms with van der Waals surface area (Å²) in [5, 5.41) is 0.550. The molecule has 1 heterocycles. The fraction of sp³-hybridized carbons (Fsp3) is 0.533. The summed E-state index contributed by atoms with van der Waals surface area (Å²) in [6.07, 6.45) is -0.154. The van der Waals surface area contributed by atoms with Gasteiger partial charge in [0.1, 0.15) is 5.75 Å². The van der Waals surface area contributed by atoms with Crippen molar-refractivity contribution in [3.63, 3.8) is 0 Å². The van der Waals surface area contributed by atoms with Gasteiger partial charge in [0.2, 0.25) is 5.91 Å². The lowest BCUT2D eigenvalue weighted by molar-refractivity contribution is -0.140. The molecular weight excluding hydrogens is 326 g/mol. The number of sulfone groups is 1. The zero-order valence-corrected chi connectivity index (χ0v) is 14.2. The lowest BCUT2D eigenvalue weighted by Crippen LogP contribution is -2.49. The molecule has 0 saturated carbocycles. The molecule has 0 N–H and O–H groups in total.